The maximum absolute atomic E-state index is 15.5. The average molecular weight is 721 g/mol. The van der Waals surface area contributed by atoms with Crippen LogP contribution in [-0.2, 0) is 16.4 Å². The molecule has 0 spiro atoms. The van der Waals surface area contributed by atoms with E-state index in [1.807, 2.05) is 18.9 Å². The number of aromatic nitrogens is 4. The molecular weight excluding hydrogens is 690 g/mol. The first-order valence-electron chi connectivity index (χ1n) is 15.3. The van der Waals surface area contributed by atoms with Gasteiger partial charge >= 0.3 is 0 Å². The minimum absolute atomic E-state index is 0.0457. The number of anilines is 2. The van der Waals surface area contributed by atoms with Crippen LogP contribution in [0.25, 0.3) is 22.2 Å². The molecule has 0 bridgehead atoms. The Hall–Kier alpha value is -4.56. The Morgan fingerprint density at radius 1 is 1.02 bits per heavy atom. The summed E-state index contributed by atoms with van der Waals surface area (Å²) in [5.74, 6) is -0.0624. The van der Waals surface area contributed by atoms with Crippen LogP contribution in [0.1, 0.15) is 30.0 Å². The smallest absolute Gasteiger partial charge is 0.196 e. The number of hydrogen-bond donors (Lipinski definition) is 1. The predicted octanol–water partition coefficient (Wildman–Crippen LogP) is 8.26. The third-order valence-electron chi connectivity index (χ3n) is 7.87. The van der Waals surface area contributed by atoms with Gasteiger partial charge in [0.1, 0.15) is 41.1 Å². The zero-order chi connectivity index (χ0) is 34.5. The fraction of sp³-hybridized carbons (Fsp3) is 0.200. The molecule has 9 nitrogen and oxygen atoms in total. The van der Waals surface area contributed by atoms with E-state index >= 15 is 4.39 Å². The van der Waals surface area contributed by atoms with Crippen LogP contribution in [0.15, 0.2) is 95.7 Å². The standard InChI is InChI=1S/C35H31ClF2N6O3S2/c1-3-31(44(2)13-14-49(45,46)33-9-4-5-12-39-33)35-43-30(20-48-35)25-17-26-29(18-28(25)38)40-21-41-34(26)42-24-10-11-32(27(36)16-24)47-19-22-7-6-8-23(37)15-22/h4-12,15-18,20-21,31H,3,13-14,19H2,1-2H3,(H,40,41,42). The lowest BCUT2D eigenvalue weighted by molar-refractivity contribution is 0.251. The van der Waals surface area contributed by atoms with Crippen LogP contribution >= 0.6 is 22.9 Å². The molecule has 0 saturated heterocycles. The summed E-state index contributed by atoms with van der Waals surface area (Å²) in [5.41, 5.74) is 2.41. The highest BCUT2D eigenvalue weighted by Crippen LogP contribution is 2.35. The van der Waals surface area contributed by atoms with Gasteiger partial charge in [-0.05, 0) is 67.6 Å². The highest BCUT2D eigenvalue weighted by Gasteiger charge is 2.24. The number of halogens is 3. The molecule has 0 aliphatic carbocycles. The molecule has 1 unspecified atom stereocenters. The van der Waals surface area contributed by atoms with Crippen LogP contribution in [0.2, 0.25) is 5.02 Å². The Morgan fingerprint density at radius 2 is 1.88 bits per heavy atom. The average Bonchev–Trinajstić information content (AvgIpc) is 3.57. The molecule has 252 valence electrons. The van der Waals surface area contributed by atoms with Gasteiger partial charge in [0.05, 0.1) is 28.0 Å². The number of thiazole rings is 1. The minimum atomic E-state index is -3.55. The lowest BCUT2D eigenvalue weighted by atomic mass is 10.1. The van der Waals surface area contributed by atoms with Gasteiger partial charge in [-0.2, -0.15) is 0 Å². The second-order valence-electron chi connectivity index (χ2n) is 11.2. The fourth-order valence-corrected chi connectivity index (χ4v) is 7.84. The third-order valence-corrected chi connectivity index (χ3v) is 10.7. The van der Waals surface area contributed by atoms with Gasteiger partial charge in [-0.3, -0.25) is 4.90 Å². The van der Waals surface area contributed by atoms with Crippen molar-refractivity contribution in [1.82, 2.24) is 24.8 Å². The number of pyridine rings is 1. The van der Waals surface area contributed by atoms with E-state index in [0.717, 1.165) is 5.01 Å². The van der Waals surface area contributed by atoms with Gasteiger partial charge in [-0.1, -0.05) is 36.7 Å². The molecule has 0 saturated carbocycles. The van der Waals surface area contributed by atoms with Crippen LogP contribution in [-0.4, -0.2) is 52.6 Å². The molecule has 0 aliphatic heterocycles. The quantitative estimate of drug-likeness (QED) is 0.126. The van der Waals surface area contributed by atoms with Gasteiger partial charge in [-0.25, -0.2) is 37.1 Å². The second kappa shape index (κ2) is 14.9. The summed E-state index contributed by atoms with van der Waals surface area (Å²) in [6, 6.07) is 18.9. The highest BCUT2D eigenvalue weighted by molar-refractivity contribution is 7.91. The molecule has 3 heterocycles. The number of sulfone groups is 1. The lowest BCUT2D eigenvalue weighted by Gasteiger charge is -2.25. The number of rotatable bonds is 13. The molecule has 0 fully saturated rings. The Morgan fingerprint density at radius 3 is 2.63 bits per heavy atom. The molecule has 0 amide bonds. The monoisotopic (exact) mass is 720 g/mol. The van der Waals surface area contributed by atoms with E-state index in [1.54, 1.807) is 53.9 Å². The largest absolute Gasteiger partial charge is 0.487 e. The summed E-state index contributed by atoms with van der Waals surface area (Å²) in [6.07, 6.45) is 3.48. The van der Waals surface area contributed by atoms with Crippen molar-refractivity contribution in [3.8, 4) is 17.0 Å². The van der Waals surface area contributed by atoms with Crippen LogP contribution in [0, 0.1) is 11.6 Å². The SMILES string of the molecule is CCC(c1nc(-c2cc3c(Nc4ccc(OCc5cccc(F)c5)c(Cl)c4)ncnc3cc2F)cs1)N(C)CCS(=O)(=O)c1ccccn1. The van der Waals surface area contributed by atoms with Gasteiger partial charge in [0.25, 0.3) is 0 Å². The number of ether oxygens (including phenoxy) is 1. The molecule has 0 radical (unpaired) electrons. The lowest BCUT2D eigenvalue weighted by Crippen LogP contribution is -2.29. The van der Waals surface area contributed by atoms with Crippen molar-refractivity contribution < 1.29 is 21.9 Å². The molecule has 3 aromatic carbocycles. The second-order valence-corrected chi connectivity index (χ2v) is 14.6. The minimum Gasteiger partial charge on any atom is -0.487 e. The zero-order valence-electron chi connectivity index (χ0n) is 26.5. The van der Waals surface area contributed by atoms with Crippen molar-refractivity contribution in [2.24, 2.45) is 0 Å². The molecule has 1 N–H and O–H groups in total. The molecule has 14 heteroatoms. The van der Waals surface area contributed by atoms with E-state index in [1.165, 1.54) is 48.1 Å². The topological polar surface area (TPSA) is 110 Å². The third kappa shape index (κ3) is 8.02. The summed E-state index contributed by atoms with van der Waals surface area (Å²) in [7, 11) is -1.70. The van der Waals surface area contributed by atoms with E-state index in [-0.39, 0.29) is 41.4 Å². The van der Waals surface area contributed by atoms with Crippen molar-refractivity contribution >= 4 is 55.2 Å². The van der Waals surface area contributed by atoms with E-state index in [4.69, 9.17) is 21.3 Å². The molecular formula is C35H31ClF2N6O3S2. The summed E-state index contributed by atoms with van der Waals surface area (Å²) >= 11 is 7.89. The van der Waals surface area contributed by atoms with Crippen molar-refractivity contribution in [3.05, 3.63) is 118 Å². The zero-order valence-corrected chi connectivity index (χ0v) is 28.9. The molecule has 3 aromatic heterocycles. The Labute approximate surface area is 291 Å². The van der Waals surface area contributed by atoms with E-state index in [0.29, 0.717) is 50.9 Å². The highest BCUT2D eigenvalue weighted by atomic mass is 35.5. The van der Waals surface area contributed by atoms with Crippen molar-refractivity contribution in [1.29, 1.82) is 0 Å². The molecule has 49 heavy (non-hydrogen) atoms. The number of nitrogens with zero attached hydrogens (tertiary/aromatic N) is 5. The Kier molecular flexibility index (Phi) is 10.4. The van der Waals surface area contributed by atoms with Crippen molar-refractivity contribution in [2.75, 3.05) is 24.7 Å². The molecule has 6 aromatic rings. The van der Waals surface area contributed by atoms with Gasteiger partial charge in [-0.15, -0.1) is 11.3 Å². The summed E-state index contributed by atoms with van der Waals surface area (Å²) < 4.78 is 60.4. The van der Waals surface area contributed by atoms with Crippen LogP contribution in [0.4, 0.5) is 20.3 Å². The van der Waals surface area contributed by atoms with Gasteiger partial charge in [0.2, 0.25) is 0 Å². The first kappa shape index (κ1) is 34.3. The number of benzene rings is 3. The fourth-order valence-electron chi connectivity index (χ4n) is 5.29. The molecule has 6 rings (SSSR count). The molecule has 1 atom stereocenters. The molecule has 0 aliphatic rings. The number of hydrogen-bond acceptors (Lipinski definition) is 10. The predicted molar refractivity (Wildman–Crippen MR) is 188 cm³/mol. The number of nitrogens with one attached hydrogen (secondary N) is 1. The first-order chi connectivity index (χ1) is 23.6. The normalized spacial score (nSPS) is 12.4. The van der Waals surface area contributed by atoms with Crippen molar-refractivity contribution in [2.45, 2.75) is 31.0 Å². The maximum atomic E-state index is 15.5. The maximum Gasteiger partial charge on any atom is 0.196 e. The summed E-state index contributed by atoms with van der Waals surface area (Å²) in [6.45, 7) is 2.42. The van der Waals surface area contributed by atoms with Gasteiger partial charge in [0, 0.05) is 40.8 Å². The van der Waals surface area contributed by atoms with E-state index in [9.17, 15) is 12.8 Å². The van der Waals surface area contributed by atoms with Crippen LogP contribution in [0.3, 0.4) is 0 Å². The number of fused-ring (bicyclic) bond motifs is 1. The first-order valence-corrected chi connectivity index (χ1v) is 18.2. The van der Waals surface area contributed by atoms with E-state index < -0.39 is 15.7 Å². The van der Waals surface area contributed by atoms with Gasteiger partial charge in [0.15, 0.2) is 14.9 Å². The van der Waals surface area contributed by atoms with Crippen LogP contribution < -0.4 is 10.1 Å². The Bertz CT molecular complexity index is 2210. The summed E-state index contributed by atoms with van der Waals surface area (Å²) in [4.78, 5) is 19.4. The van der Waals surface area contributed by atoms with Crippen molar-refractivity contribution in [3.63, 3.8) is 0 Å². The van der Waals surface area contributed by atoms with Crippen LogP contribution in [0.5, 0.6) is 5.75 Å². The van der Waals surface area contributed by atoms with Gasteiger partial charge < -0.3 is 10.1 Å². The Balaban J connectivity index is 1.19. The van der Waals surface area contributed by atoms with E-state index in [2.05, 4.69) is 20.3 Å². The summed E-state index contributed by atoms with van der Waals surface area (Å²) in [5, 5.41) is 6.73.